The van der Waals surface area contributed by atoms with Gasteiger partial charge in [-0.25, -0.2) is 0 Å². The van der Waals surface area contributed by atoms with E-state index in [4.69, 9.17) is 10.5 Å². The molecule has 2 aliphatic rings. The van der Waals surface area contributed by atoms with Crippen molar-refractivity contribution in [2.24, 2.45) is 11.7 Å². The van der Waals surface area contributed by atoms with Gasteiger partial charge in [0, 0.05) is 55.5 Å². The number of nitro benzene ring substituents is 1. The highest BCUT2D eigenvalue weighted by Crippen LogP contribution is 2.29. The maximum absolute atomic E-state index is 13.8. The van der Waals surface area contributed by atoms with Crippen LogP contribution in [0.5, 0.6) is 5.75 Å². The molecule has 1 heterocycles. The van der Waals surface area contributed by atoms with E-state index >= 15 is 0 Å². The molecular formula is C30H41N5O5. The SMILES string of the molecule is COc1cccc(C(=O)N2CC(N(Cc3ccc([N+](=O)[O-])cc3)CC(C)C)CC2C(=O)NC2CCC(N)CC2)c1. The number of ether oxygens (including phenoxy) is 1. The third kappa shape index (κ3) is 7.37. The van der Waals surface area contributed by atoms with E-state index in [-0.39, 0.29) is 35.6 Å². The van der Waals surface area contributed by atoms with Crippen LogP contribution in [0.2, 0.25) is 0 Å². The summed E-state index contributed by atoms with van der Waals surface area (Å²) in [7, 11) is 1.56. The van der Waals surface area contributed by atoms with Crippen LogP contribution in [0.15, 0.2) is 48.5 Å². The Hall–Kier alpha value is -3.50. The highest BCUT2D eigenvalue weighted by atomic mass is 16.6. The molecule has 40 heavy (non-hydrogen) atoms. The highest BCUT2D eigenvalue weighted by molar-refractivity contribution is 5.98. The smallest absolute Gasteiger partial charge is 0.269 e. The summed E-state index contributed by atoms with van der Waals surface area (Å²) in [5, 5.41) is 14.3. The number of likely N-dealkylation sites (tertiary alicyclic amines) is 1. The average molecular weight is 552 g/mol. The molecular weight excluding hydrogens is 510 g/mol. The Bertz CT molecular complexity index is 1180. The first-order chi connectivity index (χ1) is 19.1. The number of nitrogens with one attached hydrogen (secondary N) is 1. The van der Waals surface area contributed by atoms with E-state index in [9.17, 15) is 19.7 Å². The number of non-ortho nitro benzene ring substituents is 1. The summed E-state index contributed by atoms with van der Waals surface area (Å²) in [6, 6.07) is 13.2. The van der Waals surface area contributed by atoms with E-state index in [0.29, 0.717) is 36.7 Å². The van der Waals surface area contributed by atoms with Gasteiger partial charge in [-0.15, -0.1) is 0 Å². The Balaban J connectivity index is 1.57. The van der Waals surface area contributed by atoms with Gasteiger partial charge >= 0.3 is 0 Å². The van der Waals surface area contributed by atoms with Gasteiger partial charge in [-0.1, -0.05) is 32.0 Å². The van der Waals surface area contributed by atoms with Gasteiger partial charge in [-0.05, 0) is 61.8 Å². The Morgan fingerprint density at radius 3 is 2.48 bits per heavy atom. The van der Waals surface area contributed by atoms with Crippen LogP contribution in [0.25, 0.3) is 0 Å². The maximum Gasteiger partial charge on any atom is 0.269 e. The molecule has 0 bridgehead atoms. The van der Waals surface area contributed by atoms with E-state index in [2.05, 4.69) is 24.1 Å². The number of nitro groups is 1. The minimum atomic E-state index is -0.606. The molecule has 2 fully saturated rings. The standard InChI is InChI=1S/C30H41N5O5/c1-20(2)17-33(18-21-7-13-25(14-8-21)35(38)39)26-16-28(29(36)32-24-11-9-23(31)10-12-24)34(19-26)30(37)22-5-4-6-27(15-22)40-3/h4-8,13-15,20,23-24,26,28H,9-12,16-19,31H2,1-3H3,(H,32,36). The molecule has 1 aliphatic carbocycles. The van der Waals surface area contributed by atoms with Crippen LogP contribution in [0, 0.1) is 16.0 Å². The molecule has 0 radical (unpaired) electrons. The van der Waals surface area contributed by atoms with Crippen LogP contribution in [0.3, 0.4) is 0 Å². The second kappa shape index (κ2) is 13.2. The lowest BCUT2D eigenvalue weighted by Crippen LogP contribution is -2.50. The highest BCUT2D eigenvalue weighted by Gasteiger charge is 2.42. The maximum atomic E-state index is 13.8. The molecule has 10 heteroatoms. The number of carbonyl (C=O) groups excluding carboxylic acids is 2. The summed E-state index contributed by atoms with van der Waals surface area (Å²) < 4.78 is 5.33. The van der Waals surface area contributed by atoms with Crippen molar-refractivity contribution in [1.82, 2.24) is 15.1 Å². The van der Waals surface area contributed by atoms with Crippen molar-refractivity contribution in [3.8, 4) is 5.75 Å². The predicted molar refractivity (Wildman–Crippen MR) is 153 cm³/mol. The van der Waals surface area contributed by atoms with Crippen LogP contribution < -0.4 is 15.8 Å². The number of benzene rings is 2. The zero-order chi connectivity index (χ0) is 28.8. The van der Waals surface area contributed by atoms with E-state index in [1.807, 2.05) is 0 Å². The molecule has 1 aliphatic heterocycles. The fourth-order valence-corrected chi connectivity index (χ4v) is 5.80. The second-order valence-corrected chi connectivity index (χ2v) is 11.5. The number of carbonyl (C=O) groups is 2. The zero-order valence-electron chi connectivity index (χ0n) is 23.6. The van der Waals surface area contributed by atoms with Crippen molar-refractivity contribution in [3.63, 3.8) is 0 Å². The molecule has 4 rings (SSSR count). The van der Waals surface area contributed by atoms with Crippen LogP contribution >= 0.6 is 0 Å². The topological polar surface area (TPSA) is 131 Å². The van der Waals surface area contributed by atoms with Crippen molar-refractivity contribution in [3.05, 3.63) is 69.8 Å². The molecule has 2 amide bonds. The van der Waals surface area contributed by atoms with Gasteiger partial charge in [-0.3, -0.25) is 24.6 Å². The Kier molecular flexibility index (Phi) is 9.76. The molecule has 3 N–H and O–H groups in total. The largest absolute Gasteiger partial charge is 0.497 e. The molecule has 0 spiro atoms. The molecule has 1 saturated heterocycles. The Labute approximate surface area is 236 Å². The summed E-state index contributed by atoms with van der Waals surface area (Å²) >= 11 is 0. The number of hydrogen-bond acceptors (Lipinski definition) is 7. The van der Waals surface area contributed by atoms with Crippen LogP contribution in [0.1, 0.15) is 61.9 Å². The monoisotopic (exact) mass is 551 g/mol. The van der Waals surface area contributed by atoms with Crippen molar-refractivity contribution in [2.45, 2.75) is 76.7 Å². The van der Waals surface area contributed by atoms with Gasteiger partial charge in [0.2, 0.25) is 5.91 Å². The lowest BCUT2D eigenvalue weighted by molar-refractivity contribution is -0.384. The van der Waals surface area contributed by atoms with Crippen molar-refractivity contribution < 1.29 is 19.2 Å². The third-order valence-electron chi connectivity index (χ3n) is 7.93. The molecule has 2 unspecified atom stereocenters. The van der Waals surface area contributed by atoms with Crippen LogP contribution in [-0.4, -0.2) is 70.9 Å². The first-order valence-electron chi connectivity index (χ1n) is 14.1. The van der Waals surface area contributed by atoms with Gasteiger partial charge in [0.15, 0.2) is 0 Å². The Morgan fingerprint density at radius 1 is 1.15 bits per heavy atom. The van der Waals surface area contributed by atoms with Gasteiger partial charge in [0.05, 0.1) is 12.0 Å². The van der Waals surface area contributed by atoms with Crippen molar-refractivity contribution >= 4 is 17.5 Å². The molecule has 2 atom stereocenters. The quantitative estimate of drug-likeness (QED) is 0.340. The van der Waals surface area contributed by atoms with Gasteiger partial charge in [0.25, 0.3) is 11.6 Å². The van der Waals surface area contributed by atoms with Crippen molar-refractivity contribution in [2.75, 3.05) is 20.2 Å². The van der Waals surface area contributed by atoms with E-state index < -0.39 is 11.0 Å². The average Bonchev–Trinajstić information content (AvgIpc) is 3.39. The summed E-state index contributed by atoms with van der Waals surface area (Å²) in [4.78, 5) is 42.2. The summed E-state index contributed by atoms with van der Waals surface area (Å²) in [5.41, 5.74) is 7.54. The van der Waals surface area contributed by atoms with Crippen molar-refractivity contribution in [1.29, 1.82) is 0 Å². The van der Waals surface area contributed by atoms with Crippen LogP contribution in [0.4, 0.5) is 5.69 Å². The molecule has 2 aromatic rings. The van der Waals surface area contributed by atoms with E-state index in [0.717, 1.165) is 37.8 Å². The predicted octanol–water partition coefficient (Wildman–Crippen LogP) is 3.73. The van der Waals surface area contributed by atoms with E-state index in [1.165, 1.54) is 12.1 Å². The number of methoxy groups -OCH3 is 1. The molecule has 216 valence electrons. The molecule has 1 saturated carbocycles. The minimum Gasteiger partial charge on any atom is -0.497 e. The molecule has 2 aromatic carbocycles. The number of amides is 2. The van der Waals surface area contributed by atoms with E-state index in [1.54, 1.807) is 48.4 Å². The lowest BCUT2D eigenvalue weighted by Gasteiger charge is -2.30. The zero-order valence-corrected chi connectivity index (χ0v) is 23.6. The van der Waals surface area contributed by atoms with Gasteiger partial charge in [0.1, 0.15) is 11.8 Å². The normalized spacial score (nSPS) is 22.9. The minimum absolute atomic E-state index is 0.0514. The van der Waals surface area contributed by atoms with Gasteiger partial charge < -0.3 is 20.7 Å². The first kappa shape index (κ1) is 29.5. The summed E-state index contributed by atoms with van der Waals surface area (Å²) in [5.74, 6) is 0.603. The number of hydrogen-bond donors (Lipinski definition) is 2. The summed E-state index contributed by atoms with van der Waals surface area (Å²) in [6.07, 6.45) is 3.94. The number of nitrogens with two attached hydrogens (primary N) is 1. The lowest BCUT2D eigenvalue weighted by atomic mass is 9.91. The fourth-order valence-electron chi connectivity index (χ4n) is 5.80. The Morgan fingerprint density at radius 2 is 1.85 bits per heavy atom. The molecule has 0 aromatic heterocycles. The van der Waals surface area contributed by atoms with Gasteiger partial charge in [-0.2, -0.15) is 0 Å². The third-order valence-corrected chi connectivity index (χ3v) is 7.93. The fraction of sp³-hybridized carbons (Fsp3) is 0.533. The number of nitrogens with zero attached hydrogens (tertiary/aromatic N) is 3. The summed E-state index contributed by atoms with van der Waals surface area (Å²) in [6.45, 7) is 6.00. The second-order valence-electron chi connectivity index (χ2n) is 11.5. The number of rotatable bonds is 10. The first-order valence-corrected chi connectivity index (χ1v) is 14.1. The molecule has 10 nitrogen and oxygen atoms in total. The van der Waals surface area contributed by atoms with Crippen LogP contribution in [-0.2, 0) is 11.3 Å².